The van der Waals surface area contributed by atoms with Crippen LogP contribution in [0.4, 0.5) is 4.39 Å². The lowest BCUT2D eigenvalue weighted by atomic mass is 9.91. The van der Waals surface area contributed by atoms with Crippen LogP contribution in [0.3, 0.4) is 0 Å². The Morgan fingerprint density at radius 3 is 2.74 bits per heavy atom. The van der Waals surface area contributed by atoms with Crippen molar-refractivity contribution in [2.24, 2.45) is 0 Å². The van der Waals surface area contributed by atoms with Gasteiger partial charge in [-0.2, -0.15) is 0 Å². The van der Waals surface area contributed by atoms with Gasteiger partial charge in [0.1, 0.15) is 5.82 Å². The van der Waals surface area contributed by atoms with Gasteiger partial charge in [-0.25, -0.2) is 4.39 Å². The van der Waals surface area contributed by atoms with Crippen LogP contribution in [0.25, 0.3) is 0 Å². The maximum absolute atomic E-state index is 13.5. The average molecular weight is 393 g/mol. The first-order valence-electron chi connectivity index (χ1n) is 6.46. The Bertz CT molecular complexity index is 463. The summed E-state index contributed by atoms with van der Waals surface area (Å²) in [5, 5.41) is 0.869. The molecule has 0 radical (unpaired) electrons. The van der Waals surface area contributed by atoms with E-state index in [4.69, 9.17) is 0 Å². The molecule has 0 heterocycles. The number of alkyl halides is 1. The molecule has 0 saturated heterocycles. The molecule has 0 bridgehead atoms. The summed E-state index contributed by atoms with van der Waals surface area (Å²) < 4.78 is 13.8. The molecule has 104 valence electrons. The van der Waals surface area contributed by atoms with Gasteiger partial charge < -0.3 is 4.90 Å². The average Bonchev–Trinajstić information content (AvgIpc) is 2.34. The first-order chi connectivity index (χ1) is 9.15. The molecule has 0 aromatic heterocycles. The Morgan fingerprint density at radius 2 is 2.16 bits per heavy atom. The van der Waals surface area contributed by atoms with E-state index < -0.39 is 0 Å². The van der Waals surface area contributed by atoms with Crippen molar-refractivity contribution in [1.82, 2.24) is 4.90 Å². The fraction of sp³-hybridized carbons (Fsp3) is 0.500. The molecule has 1 fully saturated rings. The highest BCUT2D eigenvalue weighted by Gasteiger charge is 2.30. The third-order valence-corrected chi connectivity index (χ3v) is 4.86. The summed E-state index contributed by atoms with van der Waals surface area (Å²) >= 11 is 6.57. The zero-order valence-electron chi connectivity index (χ0n) is 10.5. The molecule has 1 aliphatic carbocycles. The fourth-order valence-corrected chi connectivity index (χ4v) is 2.89. The first-order valence-corrected chi connectivity index (χ1v) is 8.37. The number of hydrogen-bond acceptors (Lipinski definition) is 1. The van der Waals surface area contributed by atoms with Crippen molar-refractivity contribution in [1.29, 1.82) is 0 Å². The summed E-state index contributed by atoms with van der Waals surface area (Å²) in [7, 11) is 0. The van der Waals surface area contributed by atoms with Gasteiger partial charge in [0, 0.05) is 17.9 Å². The van der Waals surface area contributed by atoms with Gasteiger partial charge in [0.15, 0.2) is 0 Å². The number of carbonyl (C=O) groups is 1. The van der Waals surface area contributed by atoms with Crippen LogP contribution in [0.2, 0.25) is 0 Å². The molecule has 1 aromatic carbocycles. The van der Waals surface area contributed by atoms with Crippen LogP contribution in [0, 0.1) is 5.82 Å². The maximum atomic E-state index is 13.5. The van der Waals surface area contributed by atoms with E-state index in [1.54, 1.807) is 12.1 Å². The van der Waals surface area contributed by atoms with Crippen molar-refractivity contribution in [3.63, 3.8) is 0 Å². The van der Waals surface area contributed by atoms with Crippen LogP contribution >= 0.6 is 31.9 Å². The summed E-state index contributed by atoms with van der Waals surface area (Å²) in [6, 6.07) is 4.93. The summed E-state index contributed by atoms with van der Waals surface area (Å²) in [4.78, 5) is 14.5. The number of carbonyl (C=O) groups excluding carboxylic acids is 1. The van der Waals surface area contributed by atoms with Crippen molar-refractivity contribution < 1.29 is 9.18 Å². The minimum atomic E-state index is -0.389. The lowest BCUT2D eigenvalue weighted by Crippen LogP contribution is -2.45. The summed E-state index contributed by atoms with van der Waals surface area (Å²) in [6.07, 6.45) is 4.20. The van der Waals surface area contributed by atoms with Crippen LogP contribution in [0.1, 0.15) is 36.0 Å². The second-order valence-electron chi connectivity index (χ2n) is 4.73. The topological polar surface area (TPSA) is 20.3 Å². The molecule has 0 spiro atoms. The Kier molecular flexibility index (Phi) is 5.39. The van der Waals surface area contributed by atoms with Gasteiger partial charge in [-0.3, -0.25) is 4.79 Å². The minimum Gasteiger partial charge on any atom is -0.336 e. The second kappa shape index (κ2) is 6.84. The molecule has 5 heteroatoms. The number of nitrogens with zero attached hydrogens (tertiary/aromatic N) is 1. The Labute approximate surface area is 129 Å². The second-order valence-corrected chi connectivity index (χ2v) is 6.31. The number of halogens is 3. The number of amides is 1. The van der Waals surface area contributed by atoms with E-state index >= 15 is 0 Å². The van der Waals surface area contributed by atoms with Gasteiger partial charge >= 0.3 is 0 Å². The van der Waals surface area contributed by atoms with Crippen LogP contribution in [0.15, 0.2) is 22.7 Å². The van der Waals surface area contributed by atoms with Crippen molar-refractivity contribution in [3.8, 4) is 0 Å². The highest BCUT2D eigenvalue weighted by atomic mass is 79.9. The molecule has 1 amide bonds. The fourth-order valence-electron chi connectivity index (χ4n) is 2.20. The molecular weight excluding hydrogens is 377 g/mol. The van der Waals surface area contributed by atoms with Crippen LogP contribution in [0.5, 0.6) is 0 Å². The van der Waals surface area contributed by atoms with Gasteiger partial charge in [-0.05, 0) is 53.7 Å². The third kappa shape index (κ3) is 3.37. The number of hydrogen-bond donors (Lipinski definition) is 0. The molecule has 0 atom stereocenters. The van der Waals surface area contributed by atoms with Crippen molar-refractivity contribution in [2.45, 2.75) is 31.7 Å². The van der Waals surface area contributed by atoms with Crippen LogP contribution < -0.4 is 0 Å². The maximum Gasteiger partial charge on any atom is 0.255 e. The quantitative estimate of drug-likeness (QED) is 0.681. The standard InChI is InChI=1S/C14H16Br2FNO/c15-8-3-9-18(10-4-1-5-10)14(19)11-6-2-7-12(17)13(11)16/h2,6-7,10H,1,3-5,8-9H2. The van der Waals surface area contributed by atoms with E-state index in [0.717, 1.165) is 31.1 Å². The Morgan fingerprint density at radius 1 is 1.42 bits per heavy atom. The molecule has 2 nitrogen and oxygen atoms in total. The molecule has 0 N–H and O–H groups in total. The van der Waals surface area contributed by atoms with Crippen LogP contribution in [-0.2, 0) is 0 Å². The molecule has 1 aromatic rings. The zero-order chi connectivity index (χ0) is 13.8. The van der Waals surface area contributed by atoms with Gasteiger partial charge in [0.05, 0.1) is 10.0 Å². The van der Waals surface area contributed by atoms with E-state index in [1.807, 2.05) is 4.90 Å². The van der Waals surface area contributed by atoms with E-state index in [2.05, 4.69) is 31.9 Å². The normalized spacial score (nSPS) is 15.1. The molecular formula is C14H16Br2FNO. The summed E-state index contributed by atoms with van der Waals surface area (Å²) in [5.74, 6) is -0.461. The summed E-state index contributed by atoms with van der Waals surface area (Å²) in [6.45, 7) is 0.720. The lowest BCUT2D eigenvalue weighted by Gasteiger charge is -2.37. The van der Waals surface area contributed by atoms with Gasteiger partial charge in [-0.1, -0.05) is 22.0 Å². The smallest absolute Gasteiger partial charge is 0.255 e. The highest BCUT2D eigenvalue weighted by Crippen LogP contribution is 2.29. The van der Waals surface area contributed by atoms with Crippen molar-refractivity contribution in [3.05, 3.63) is 34.1 Å². The lowest BCUT2D eigenvalue weighted by molar-refractivity contribution is 0.0579. The van der Waals surface area contributed by atoms with Gasteiger partial charge in [-0.15, -0.1) is 0 Å². The number of rotatable bonds is 5. The van der Waals surface area contributed by atoms with Crippen molar-refractivity contribution >= 4 is 37.8 Å². The van der Waals surface area contributed by atoms with E-state index in [1.165, 1.54) is 12.5 Å². The molecule has 0 aliphatic heterocycles. The van der Waals surface area contributed by atoms with Gasteiger partial charge in [0.25, 0.3) is 5.91 Å². The molecule has 0 unspecified atom stereocenters. The Hall–Kier alpha value is -0.420. The minimum absolute atomic E-state index is 0.0722. The Balaban J connectivity index is 2.20. The number of benzene rings is 1. The SMILES string of the molecule is O=C(c1cccc(F)c1Br)N(CCCBr)C1CCC1. The van der Waals surface area contributed by atoms with E-state index in [0.29, 0.717) is 11.6 Å². The van der Waals surface area contributed by atoms with Crippen LogP contribution in [-0.4, -0.2) is 28.7 Å². The summed E-state index contributed by atoms with van der Waals surface area (Å²) in [5.41, 5.74) is 0.418. The largest absolute Gasteiger partial charge is 0.336 e. The monoisotopic (exact) mass is 391 g/mol. The van der Waals surface area contributed by atoms with E-state index in [-0.39, 0.29) is 16.2 Å². The molecule has 19 heavy (non-hydrogen) atoms. The molecule has 1 aliphatic rings. The predicted octanol–water partition coefficient (Wildman–Crippen LogP) is 4.37. The predicted molar refractivity (Wildman–Crippen MR) is 81.2 cm³/mol. The van der Waals surface area contributed by atoms with Crippen molar-refractivity contribution in [2.75, 3.05) is 11.9 Å². The van der Waals surface area contributed by atoms with Gasteiger partial charge in [0.2, 0.25) is 0 Å². The van der Waals surface area contributed by atoms with E-state index in [9.17, 15) is 9.18 Å². The third-order valence-electron chi connectivity index (χ3n) is 3.49. The first kappa shape index (κ1) is 15.0. The molecule has 1 saturated carbocycles. The zero-order valence-corrected chi connectivity index (χ0v) is 13.7. The molecule has 2 rings (SSSR count). The highest BCUT2D eigenvalue weighted by molar-refractivity contribution is 9.10.